The maximum atomic E-state index is 5.16. The minimum Gasteiger partial charge on any atom is -0.497 e. The fraction of sp³-hybridized carbons (Fsp3) is 0.250. The Labute approximate surface area is 118 Å². The van der Waals surface area contributed by atoms with Gasteiger partial charge in [0, 0.05) is 22.4 Å². The third-order valence-corrected chi connectivity index (χ3v) is 4.66. The maximum Gasteiger partial charge on any atom is 0.119 e. The molecule has 98 valence electrons. The van der Waals surface area contributed by atoms with Crippen molar-refractivity contribution in [3.8, 4) is 5.75 Å². The molecule has 1 aliphatic rings. The molecular weight excluding hydrogens is 254 g/mol. The Morgan fingerprint density at radius 3 is 2.68 bits per heavy atom. The summed E-state index contributed by atoms with van der Waals surface area (Å²) < 4.78 is 5.16. The van der Waals surface area contributed by atoms with E-state index >= 15 is 0 Å². The van der Waals surface area contributed by atoms with Crippen molar-refractivity contribution in [3.63, 3.8) is 0 Å². The minimum absolute atomic E-state index is 0.625. The highest BCUT2D eigenvalue weighted by Crippen LogP contribution is 2.36. The van der Waals surface area contributed by atoms with Gasteiger partial charge < -0.3 is 10.1 Å². The second kappa shape index (κ2) is 5.57. The Bertz CT molecular complexity index is 528. The normalized spacial score (nSPS) is 17.0. The van der Waals surface area contributed by atoms with Gasteiger partial charge in [0.1, 0.15) is 5.75 Å². The summed E-state index contributed by atoms with van der Waals surface area (Å²) >= 11 is 1.98. The number of benzene rings is 2. The molecule has 2 aromatic rings. The Kier molecular flexibility index (Phi) is 3.65. The fourth-order valence-corrected chi connectivity index (χ4v) is 3.56. The monoisotopic (exact) mass is 271 g/mol. The van der Waals surface area contributed by atoms with Gasteiger partial charge in [-0.15, -0.1) is 11.8 Å². The standard InChI is InChI=1S/C16H17NOS/c1-18-14-8-6-13(7-9-14)17-11-15-10-12-4-2-3-5-16(12)19-15/h2-9,15,17H,10-11H2,1H3. The molecule has 0 saturated heterocycles. The van der Waals surface area contributed by atoms with E-state index in [-0.39, 0.29) is 0 Å². The van der Waals surface area contributed by atoms with E-state index in [4.69, 9.17) is 4.74 Å². The van der Waals surface area contributed by atoms with Gasteiger partial charge in [-0.05, 0) is 42.3 Å². The number of hydrogen-bond acceptors (Lipinski definition) is 3. The zero-order chi connectivity index (χ0) is 13.1. The van der Waals surface area contributed by atoms with Gasteiger partial charge in [-0.25, -0.2) is 0 Å². The molecule has 0 saturated carbocycles. The van der Waals surface area contributed by atoms with E-state index in [0.717, 1.165) is 24.4 Å². The molecule has 19 heavy (non-hydrogen) atoms. The summed E-state index contributed by atoms with van der Waals surface area (Å²) in [4.78, 5) is 1.43. The van der Waals surface area contributed by atoms with Crippen molar-refractivity contribution in [2.24, 2.45) is 0 Å². The summed E-state index contributed by atoms with van der Waals surface area (Å²) in [6, 6.07) is 16.8. The van der Waals surface area contributed by atoms with E-state index in [1.54, 1.807) is 7.11 Å². The number of methoxy groups -OCH3 is 1. The number of nitrogens with one attached hydrogen (secondary N) is 1. The molecule has 0 aliphatic carbocycles. The molecule has 3 heteroatoms. The van der Waals surface area contributed by atoms with E-state index in [0.29, 0.717) is 5.25 Å². The average molecular weight is 271 g/mol. The minimum atomic E-state index is 0.625. The van der Waals surface area contributed by atoms with Gasteiger partial charge in [0.2, 0.25) is 0 Å². The second-order valence-corrected chi connectivity index (χ2v) is 6.00. The fourth-order valence-electron chi connectivity index (χ4n) is 2.31. The van der Waals surface area contributed by atoms with Crippen molar-refractivity contribution < 1.29 is 4.74 Å². The Morgan fingerprint density at radius 2 is 1.95 bits per heavy atom. The number of rotatable bonds is 4. The molecule has 0 fully saturated rings. The maximum absolute atomic E-state index is 5.16. The summed E-state index contributed by atoms with van der Waals surface area (Å²) in [5.74, 6) is 0.896. The second-order valence-electron chi connectivity index (χ2n) is 4.66. The lowest BCUT2D eigenvalue weighted by Gasteiger charge is -2.11. The van der Waals surface area contributed by atoms with Crippen LogP contribution in [0.15, 0.2) is 53.4 Å². The van der Waals surface area contributed by atoms with E-state index in [1.807, 2.05) is 23.9 Å². The molecule has 1 aliphatic heterocycles. The van der Waals surface area contributed by atoms with Gasteiger partial charge in [-0.1, -0.05) is 18.2 Å². The van der Waals surface area contributed by atoms with Crippen molar-refractivity contribution in [2.75, 3.05) is 19.0 Å². The smallest absolute Gasteiger partial charge is 0.119 e. The Hall–Kier alpha value is -1.61. The van der Waals surface area contributed by atoms with Crippen molar-refractivity contribution >= 4 is 17.4 Å². The van der Waals surface area contributed by atoms with Crippen LogP contribution in [0.1, 0.15) is 5.56 Å². The Morgan fingerprint density at radius 1 is 1.16 bits per heavy atom. The van der Waals surface area contributed by atoms with Crippen LogP contribution in [0.4, 0.5) is 5.69 Å². The van der Waals surface area contributed by atoms with Crippen LogP contribution in [0.3, 0.4) is 0 Å². The lowest BCUT2D eigenvalue weighted by atomic mass is 10.1. The molecule has 1 N–H and O–H groups in total. The zero-order valence-corrected chi connectivity index (χ0v) is 11.7. The van der Waals surface area contributed by atoms with Gasteiger partial charge in [0.15, 0.2) is 0 Å². The number of fused-ring (bicyclic) bond motifs is 1. The van der Waals surface area contributed by atoms with Crippen LogP contribution in [0.25, 0.3) is 0 Å². The summed E-state index contributed by atoms with van der Waals surface area (Å²) in [6.45, 7) is 0.992. The van der Waals surface area contributed by atoms with Gasteiger partial charge in [0.25, 0.3) is 0 Å². The van der Waals surface area contributed by atoms with Gasteiger partial charge in [-0.2, -0.15) is 0 Å². The summed E-state index contributed by atoms with van der Waals surface area (Å²) in [5, 5.41) is 4.12. The number of thioether (sulfide) groups is 1. The summed E-state index contributed by atoms with van der Waals surface area (Å²) in [6.07, 6.45) is 1.16. The first-order valence-electron chi connectivity index (χ1n) is 6.47. The predicted octanol–water partition coefficient (Wildman–Crippen LogP) is 3.82. The van der Waals surface area contributed by atoms with Crippen LogP contribution in [0.2, 0.25) is 0 Å². The largest absolute Gasteiger partial charge is 0.497 e. The highest BCUT2D eigenvalue weighted by molar-refractivity contribution is 8.00. The quantitative estimate of drug-likeness (QED) is 0.913. The summed E-state index contributed by atoms with van der Waals surface area (Å²) in [5.41, 5.74) is 2.63. The zero-order valence-electron chi connectivity index (χ0n) is 10.9. The molecule has 2 nitrogen and oxygen atoms in total. The predicted molar refractivity (Wildman–Crippen MR) is 81.3 cm³/mol. The molecule has 1 unspecified atom stereocenters. The van der Waals surface area contributed by atoms with Gasteiger partial charge in [-0.3, -0.25) is 0 Å². The van der Waals surface area contributed by atoms with Gasteiger partial charge >= 0.3 is 0 Å². The Balaban J connectivity index is 1.56. The van der Waals surface area contributed by atoms with Crippen LogP contribution in [-0.2, 0) is 6.42 Å². The van der Waals surface area contributed by atoms with E-state index in [1.165, 1.54) is 10.5 Å². The first-order chi connectivity index (χ1) is 9.35. The van der Waals surface area contributed by atoms with E-state index in [9.17, 15) is 0 Å². The van der Waals surface area contributed by atoms with E-state index < -0.39 is 0 Å². The van der Waals surface area contributed by atoms with Crippen LogP contribution in [0, 0.1) is 0 Å². The highest BCUT2D eigenvalue weighted by atomic mass is 32.2. The molecule has 0 spiro atoms. The van der Waals surface area contributed by atoms with Crippen molar-refractivity contribution in [2.45, 2.75) is 16.6 Å². The number of hydrogen-bond donors (Lipinski definition) is 1. The topological polar surface area (TPSA) is 21.3 Å². The molecule has 1 atom stereocenters. The third-order valence-electron chi connectivity index (χ3n) is 3.34. The van der Waals surface area contributed by atoms with Crippen LogP contribution in [0.5, 0.6) is 5.75 Å². The lowest BCUT2D eigenvalue weighted by Crippen LogP contribution is -2.15. The molecule has 1 heterocycles. The van der Waals surface area contributed by atoms with Crippen LogP contribution >= 0.6 is 11.8 Å². The lowest BCUT2D eigenvalue weighted by molar-refractivity contribution is 0.415. The average Bonchev–Trinajstić information content (AvgIpc) is 2.88. The molecule has 3 rings (SSSR count). The van der Waals surface area contributed by atoms with Crippen molar-refractivity contribution in [3.05, 3.63) is 54.1 Å². The first-order valence-corrected chi connectivity index (χ1v) is 7.35. The van der Waals surface area contributed by atoms with E-state index in [2.05, 4.69) is 41.7 Å². The molecular formula is C16H17NOS. The number of ether oxygens (including phenoxy) is 1. The highest BCUT2D eigenvalue weighted by Gasteiger charge is 2.21. The van der Waals surface area contributed by atoms with Crippen molar-refractivity contribution in [1.82, 2.24) is 0 Å². The van der Waals surface area contributed by atoms with Crippen molar-refractivity contribution in [1.29, 1.82) is 0 Å². The SMILES string of the molecule is COc1ccc(NCC2Cc3ccccc3S2)cc1. The molecule has 0 radical (unpaired) electrons. The molecule has 0 amide bonds. The van der Waals surface area contributed by atoms with Gasteiger partial charge in [0.05, 0.1) is 7.11 Å². The molecule has 0 aromatic heterocycles. The summed E-state index contributed by atoms with van der Waals surface area (Å²) in [7, 11) is 1.69. The van der Waals surface area contributed by atoms with Crippen LogP contribution < -0.4 is 10.1 Å². The first kappa shape index (κ1) is 12.4. The number of anilines is 1. The molecule has 2 aromatic carbocycles. The van der Waals surface area contributed by atoms with Crippen LogP contribution in [-0.4, -0.2) is 18.9 Å². The molecule has 0 bridgehead atoms. The third kappa shape index (κ3) is 2.87.